The van der Waals surface area contributed by atoms with Crippen LogP contribution in [0.15, 0.2) is 42.6 Å². The van der Waals surface area contributed by atoms with E-state index < -0.39 is 28.5 Å². The lowest BCUT2D eigenvalue weighted by Gasteiger charge is -2.23. The Morgan fingerprint density at radius 3 is 2.71 bits per heavy atom. The highest BCUT2D eigenvalue weighted by atomic mass is 32.2. The number of aromatic nitrogens is 3. The minimum Gasteiger partial charge on any atom is -0.487 e. The van der Waals surface area contributed by atoms with Gasteiger partial charge in [0, 0.05) is 18.2 Å². The smallest absolute Gasteiger partial charge is 0.326 e. The summed E-state index contributed by atoms with van der Waals surface area (Å²) in [5, 5.41) is 10.4. The van der Waals surface area contributed by atoms with Crippen molar-refractivity contribution in [2.75, 3.05) is 22.3 Å². The van der Waals surface area contributed by atoms with Gasteiger partial charge in [0.2, 0.25) is 0 Å². The van der Waals surface area contributed by atoms with Crippen LogP contribution in [0.25, 0.3) is 0 Å². The predicted octanol–water partition coefficient (Wildman–Crippen LogP) is 1.40. The zero-order valence-corrected chi connectivity index (χ0v) is 16.9. The van der Waals surface area contributed by atoms with Crippen molar-refractivity contribution in [3.05, 3.63) is 59.5 Å². The molecule has 160 valence electrons. The third kappa shape index (κ3) is 3.34. The van der Waals surface area contributed by atoms with E-state index in [1.807, 2.05) is 35.1 Å². The lowest BCUT2D eigenvalue weighted by atomic mass is 10.1. The molecule has 3 aromatic rings. The van der Waals surface area contributed by atoms with Crippen LogP contribution in [0.1, 0.15) is 11.1 Å². The average Bonchev–Trinajstić information content (AvgIpc) is 3.46. The van der Waals surface area contributed by atoms with Gasteiger partial charge in [0.25, 0.3) is 5.91 Å². The Bertz CT molecular complexity index is 1250. The zero-order chi connectivity index (χ0) is 21.6. The number of anilines is 3. The van der Waals surface area contributed by atoms with Crippen LogP contribution < -0.4 is 18.7 Å². The van der Waals surface area contributed by atoms with E-state index in [0.29, 0.717) is 34.3 Å². The summed E-state index contributed by atoms with van der Waals surface area (Å²) in [5.74, 6) is -0.967. The standard InChI is InChI=1S/C19H17FN6O4S/c20-18-13-6-7-25(16-9-21-24-22-16)14(13)8-15(30-11-12-4-2-1-3-5-12)19(18)26-10-17(27)23-31(26,28)29/h1-5,8-9H,6-7,10-11H2,(H,23,27)(H,21,22,24). The van der Waals surface area contributed by atoms with E-state index in [1.54, 1.807) is 11.0 Å². The Labute approximate surface area is 176 Å². The molecule has 0 bridgehead atoms. The molecule has 3 heterocycles. The van der Waals surface area contributed by atoms with E-state index in [9.17, 15) is 13.2 Å². The summed E-state index contributed by atoms with van der Waals surface area (Å²) >= 11 is 0. The Hall–Kier alpha value is -3.67. The number of ether oxygens (including phenoxy) is 1. The maximum absolute atomic E-state index is 15.7. The summed E-state index contributed by atoms with van der Waals surface area (Å²) in [4.78, 5) is 13.5. The van der Waals surface area contributed by atoms with Crippen LogP contribution in [-0.4, -0.2) is 42.8 Å². The fraction of sp³-hybridized carbons (Fsp3) is 0.211. The van der Waals surface area contributed by atoms with Gasteiger partial charge >= 0.3 is 10.2 Å². The van der Waals surface area contributed by atoms with Crippen LogP contribution >= 0.6 is 0 Å². The van der Waals surface area contributed by atoms with E-state index in [0.717, 1.165) is 5.56 Å². The van der Waals surface area contributed by atoms with Gasteiger partial charge in [-0.25, -0.2) is 13.4 Å². The fourth-order valence-corrected chi connectivity index (χ4v) is 4.91. The Morgan fingerprint density at radius 2 is 2.03 bits per heavy atom. The molecule has 31 heavy (non-hydrogen) atoms. The molecular weight excluding hydrogens is 427 g/mol. The molecule has 0 atom stereocenters. The first-order valence-electron chi connectivity index (χ1n) is 9.43. The molecule has 0 radical (unpaired) electrons. The average molecular weight is 444 g/mol. The summed E-state index contributed by atoms with van der Waals surface area (Å²) < 4.78 is 49.1. The molecule has 1 aromatic heterocycles. The van der Waals surface area contributed by atoms with Crippen molar-refractivity contribution in [1.29, 1.82) is 0 Å². The molecule has 5 rings (SSSR count). The molecule has 10 nitrogen and oxygen atoms in total. The number of hydrogen-bond donors (Lipinski definition) is 2. The van der Waals surface area contributed by atoms with Gasteiger partial charge in [0.15, 0.2) is 11.6 Å². The minimum atomic E-state index is -4.22. The van der Waals surface area contributed by atoms with E-state index in [1.165, 1.54) is 6.20 Å². The van der Waals surface area contributed by atoms with Gasteiger partial charge in [0.1, 0.15) is 24.6 Å². The van der Waals surface area contributed by atoms with Crippen LogP contribution in [0.4, 0.5) is 21.6 Å². The molecule has 1 fully saturated rings. The number of nitrogens with zero attached hydrogens (tertiary/aromatic N) is 4. The zero-order valence-electron chi connectivity index (χ0n) is 16.1. The van der Waals surface area contributed by atoms with Gasteiger partial charge in [-0.1, -0.05) is 30.3 Å². The maximum Gasteiger partial charge on any atom is 0.326 e. The number of fused-ring (bicyclic) bond motifs is 1. The molecule has 12 heteroatoms. The lowest BCUT2D eigenvalue weighted by molar-refractivity contribution is -0.117. The van der Waals surface area contributed by atoms with Crippen molar-refractivity contribution in [2.24, 2.45) is 0 Å². The molecular formula is C19H17FN6O4S. The number of H-pyrrole nitrogens is 1. The first-order valence-corrected chi connectivity index (χ1v) is 10.9. The van der Waals surface area contributed by atoms with E-state index >= 15 is 4.39 Å². The molecule has 0 spiro atoms. The highest BCUT2D eigenvalue weighted by Crippen LogP contribution is 2.45. The van der Waals surface area contributed by atoms with Crippen molar-refractivity contribution in [3.8, 4) is 5.75 Å². The molecule has 2 aliphatic rings. The SMILES string of the molecule is O=C1CN(c2c(OCc3ccccc3)cc3c(c2F)CCN3c2cn[nH]n2)S(=O)(=O)N1. The third-order valence-electron chi connectivity index (χ3n) is 5.15. The van der Waals surface area contributed by atoms with Crippen molar-refractivity contribution in [2.45, 2.75) is 13.0 Å². The van der Waals surface area contributed by atoms with Gasteiger partial charge in [-0.2, -0.15) is 18.7 Å². The number of aromatic amines is 1. The Morgan fingerprint density at radius 1 is 1.23 bits per heavy atom. The van der Waals surface area contributed by atoms with E-state index in [4.69, 9.17) is 4.74 Å². The second-order valence-corrected chi connectivity index (χ2v) is 8.67. The lowest BCUT2D eigenvalue weighted by Crippen LogP contribution is -2.30. The molecule has 1 saturated heterocycles. The summed E-state index contributed by atoms with van der Waals surface area (Å²) in [5.41, 5.74) is 1.37. The quantitative estimate of drug-likeness (QED) is 0.610. The first kappa shape index (κ1) is 19.3. The summed E-state index contributed by atoms with van der Waals surface area (Å²) in [6.07, 6.45) is 1.84. The Balaban J connectivity index is 1.62. The van der Waals surface area contributed by atoms with Crippen LogP contribution in [0.3, 0.4) is 0 Å². The molecule has 2 N–H and O–H groups in total. The normalized spacial score (nSPS) is 17.0. The molecule has 0 aliphatic carbocycles. The van der Waals surface area contributed by atoms with E-state index in [-0.39, 0.29) is 18.0 Å². The fourth-order valence-electron chi connectivity index (χ4n) is 3.75. The largest absolute Gasteiger partial charge is 0.487 e. The monoisotopic (exact) mass is 444 g/mol. The maximum atomic E-state index is 15.7. The summed E-state index contributed by atoms with van der Waals surface area (Å²) in [6.45, 7) is 0.00230. The number of carbonyl (C=O) groups excluding carboxylic acids is 1. The van der Waals surface area contributed by atoms with Gasteiger partial charge in [0.05, 0.1) is 11.9 Å². The number of carbonyl (C=O) groups is 1. The number of halogens is 1. The van der Waals surface area contributed by atoms with E-state index in [2.05, 4.69) is 15.4 Å². The van der Waals surface area contributed by atoms with Crippen LogP contribution in [0.5, 0.6) is 5.75 Å². The first-order chi connectivity index (χ1) is 14.9. The van der Waals surface area contributed by atoms with Gasteiger partial charge < -0.3 is 9.64 Å². The minimum absolute atomic E-state index is 0.00979. The molecule has 2 aliphatic heterocycles. The molecule has 2 aromatic carbocycles. The predicted molar refractivity (Wildman–Crippen MR) is 109 cm³/mol. The van der Waals surface area contributed by atoms with Gasteiger partial charge in [-0.15, -0.1) is 5.10 Å². The van der Waals surface area contributed by atoms with Crippen molar-refractivity contribution >= 4 is 33.3 Å². The summed E-state index contributed by atoms with van der Waals surface area (Å²) in [6, 6.07) is 10.8. The highest BCUT2D eigenvalue weighted by Gasteiger charge is 2.40. The van der Waals surface area contributed by atoms with Crippen molar-refractivity contribution in [1.82, 2.24) is 20.1 Å². The number of benzene rings is 2. The Kier molecular flexibility index (Phi) is 4.50. The third-order valence-corrected chi connectivity index (χ3v) is 6.52. The molecule has 0 unspecified atom stereocenters. The second kappa shape index (κ2) is 7.23. The number of hydrogen-bond acceptors (Lipinski definition) is 7. The summed E-state index contributed by atoms with van der Waals surface area (Å²) in [7, 11) is -4.22. The van der Waals surface area contributed by atoms with Gasteiger partial charge in [-0.05, 0) is 12.0 Å². The highest BCUT2D eigenvalue weighted by molar-refractivity contribution is 7.92. The van der Waals surface area contributed by atoms with Crippen molar-refractivity contribution in [3.63, 3.8) is 0 Å². The number of nitrogens with one attached hydrogen (secondary N) is 2. The topological polar surface area (TPSA) is 121 Å². The van der Waals surface area contributed by atoms with Crippen LogP contribution in [0, 0.1) is 5.82 Å². The number of rotatable bonds is 5. The number of amides is 1. The van der Waals surface area contributed by atoms with Gasteiger partial charge in [-0.3, -0.25) is 4.79 Å². The van der Waals surface area contributed by atoms with Crippen LogP contribution in [0.2, 0.25) is 0 Å². The molecule has 0 saturated carbocycles. The molecule has 1 amide bonds. The van der Waals surface area contributed by atoms with Crippen molar-refractivity contribution < 1.29 is 22.3 Å². The van der Waals surface area contributed by atoms with Crippen LogP contribution in [-0.2, 0) is 28.0 Å². The second-order valence-electron chi connectivity index (χ2n) is 7.08.